The normalized spacial score (nSPS) is 19.2. The standard InChI is InChI=1S/C10H11BrO/c11-7-8-3-1-2-4-9(8)10(12)5-6-10/h1-4,12H,5-7H2. The molecule has 1 nitrogen and oxygen atoms in total. The maximum absolute atomic E-state index is 9.89. The van der Waals surface area contributed by atoms with Gasteiger partial charge in [-0.05, 0) is 24.0 Å². The van der Waals surface area contributed by atoms with E-state index in [0.717, 1.165) is 23.7 Å². The van der Waals surface area contributed by atoms with Crippen molar-refractivity contribution in [1.29, 1.82) is 0 Å². The molecule has 2 rings (SSSR count). The van der Waals surface area contributed by atoms with Gasteiger partial charge in [-0.1, -0.05) is 40.2 Å². The molecule has 0 unspecified atom stereocenters. The van der Waals surface area contributed by atoms with Crippen LogP contribution in [0.15, 0.2) is 24.3 Å². The van der Waals surface area contributed by atoms with Crippen LogP contribution in [-0.4, -0.2) is 5.11 Å². The second-order valence-electron chi connectivity index (χ2n) is 3.32. The van der Waals surface area contributed by atoms with Crippen molar-refractivity contribution in [2.24, 2.45) is 0 Å². The molecule has 0 atom stereocenters. The highest BCUT2D eigenvalue weighted by Gasteiger charge is 2.43. The number of aliphatic hydroxyl groups is 1. The van der Waals surface area contributed by atoms with Crippen LogP contribution in [-0.2, 0) is 10.9 Å². The van der Waals surface area contributed by atoms with Crippen LogP contribution in [0.3, 0.4) is 0 Å². The third-order valence-electron chi connectivity index (χ3n) is 2.39. The summed E-state index contributed by atoms with van der Waals surface area (Å²) in [5.41, 5.74) is 1.81. The topological polar surface area (TPSA) is 20.2 Å². The van der Waals surface area contributed by atoms with Gasteiger partial charge >= 0.3 is 0 Å². The zero-order valence-electron chi connectivity index (χ0n) is 6.76. The van der Waals surface area contributed by atoms with Crippen LogP contribution in [0.25, 0.3) is 0 Å². The second-order valence-corrected chi connectivity index (χ2v) is 3.88. The Hall–Kier alpha value is -0.340. The summed E-state index contributed by atoms with van der Waals surface area (Å²) in [6.07, 6.45) is 1.83. The molecule has 0 aromatic heterocycles. The van der Waals surface area contributed by atoms with E-state index in [4.69, 9.17) is 0 Å². The van der Waals surface area contributed by atoms with Crippen molar-refractivity contribution in [3.63, 3.8) is 0 Å². The summed E-state index contributed by atoms with van der Waals surface area (Å²) in [6, 6.07) is 8.06. The van der Waals surface area contributed by atoms with Gasteiger partial charge < -0.3 is 5.11 Å². The van der Waals surface area contributed by atoms with Gasteiger partial charge in [0.1, 0.15) is 0 Å². The Bertz CT molecular complexity index is 292. The lowest BCUT2D eigenvalue weighted by atomic mass is 10.0. The monoisotopic (exact) mass is 226 g/mol. The highest BCUT2D eigenvalue weighted by Crippen LogP contribution is 2.46. The average molecular weight is 227 g/mol. The van der Waals surface area contributed by atoms with Crippen LogP contribution in [0, 0.1) is 0 Å². The van der Waals surface area contributed by atoms with Gasteiger partial charge in [0, 0.05) is 5.33 Å². The molecule has 0 spiro atoms. The van der Waals surface area contributed by atoms with Gasteiger partial charge in [-0.3, -0.25) is 0 Å². The zero-order valence-corrected chi connectivity index (χ0v) is 8.34. The molecule has 1 N–H and O–H groups in total. The second kappa shape index (κ2) is 2.86. The van der Waals surface area contributed by atoms with Crippen molar-refractivity contribution >= 4 is 15.9 Å². The van der Waals surface area contributed by atoms with Gasteiger partial charge in [-0.25, -0.2) is 0 Å². The number of benzene rings is 1. The molecule has 12 heavy (non-hydrogen) atoms. The van der Waals surface area contributed by atoms with Crippen LogP contribution in [0.2, 0.25) is 0 Å². The maximum atomic E-state index is 9.89. The first kappa shape index (κ1) is 8.27. The molecular weight excluding hydrogens is 216 g/mol. The van der Waals surface area contributed by atoms with Crippen LogP contribution in [0.5, 0.6) is 0 Å². The van der Waals surface area contributed by atoms with Gasteiger partial charge in [-0.2, -0.15) is 0 Å². The van der Waals surface area contributed by atoms with Crippen LogP contribution < -0.4 is 0 Å². The highest BCUT2D eigenvalue weighted by atomic mass is 79.9. The lowest BCUT2D eigenvalue weighted by molar-refractivity contribution is 0.150. The van der Waals surface area contributed by atoms with Gasteiger partial charge in [0.25, 0.3) is 0 Å². The minimum absolute atomic E-state index is 0.496. The number of alkyl halides is 1. The van der Waals surface area contributed by atoms with E-state index in [2.05, 4.69) is 22.0 Å². The first-order valence-corrected chi connectivity index (χ1v) is 5.25. The minimum Gasteiger partial charge on any atom is -0.385 e. The summed E-state index contributed by atoms with van der Waals surface area (Å²) in [6.45, 7) is 0. The van der Waals surface area contributed by atoms with E-state index in [1.165, 1.54) is 5.56 Å². The predicted molar refractivity (Wildman–Crippen MR) is 52.2 cm³/mol. The van der Waals surface area contributed by atoms with Gasteiger partial charge in [0.2, 0.25) is 0 Å². The molecule has 0 aliphatic heterocycles. The molecule has 1 aromatic rings. The number of halogens is 1. The Morgan fingerprint density at radius 1 is 1.33 bits per heavy atom. The maximum Gasteiger partial charge on any atom is 0.0901 e. The van der Waals surface area contributed by atoms with Gasteiger partial charge in [-0.15, -0.1) is 0 Å². The van der Waals surface area contributed by atoms with Crippen LogP contribution >= 0.6 is 15.9 Å². The Morgan fingerprint density at radius 3 is 2.58 bits per heavy atom. The molecule has 0 radical (unpaired) electrons. The molecule has 0 bridgehead atoms. The van der Waals surface area contributed by atoms with E-state index < -0.39 is 5.60 Å². The van der Waals surface area contributed by atoms with Crippen molar-refractivity contribution in [3.8, 4) is 0 Å². The third kappa shape index (κ3) is 1.29. The first-order valence-electron chi connectivity index (χ1n) is 4.13. The number of hydrogen-bond donors (Lipinski definition) is 1. The van der Waals surface area contributed by atoms with Crippen LogP contribution in [0.1, 0.15) is 24.0 Å². The Kier molecular flexibility index (Phi) is 1.97. The van der Waals surface area contributed by atoms with Crippen molar-refractivity contribution in [2.45, 2.75) is 23.8 Å². The molecule has 1 saturated carbocycles. The summed E-state index contributed by atoms with van der Waals surface area (Å²) in [4.78, 5) is 0. The third-order valence-corrected chi connectivity index (χ3v) is 2.99. The van der Waals surface area contributed by atoms with Crippen LogP contribution in [0.4, 0.5) is 0 Å². The van der Waals surface area contributed by atoms with E-state index in [1.807, 2.05) is 18.2 Å². The molecule has 64 valence electrons. The Labute approximate surface area is 80.5 Å². The number of hydrogen-bond acceptors (Lipinski definition) is 1. The Morgan fingerprint density at radius 2 is 2.00 bits per heavy atom. The molecule has 1 fully saturated rings. The molecule has 1 aliphatic rings. The minimum atomic E-state index is -0.496. The quantitative estimate of drug-likeness (QED) is 0.770. The molecule has 2 heteroatoms. The van der Waals surface area contributed by atoms with Crippen molar-refractivity contribution in [2.75, 3.05) is 0 Å². The first-order chi connectivity index (χ1) is 5.76. The smallest absolute Gasteiger partial charge is 0.0901 e. The fourth-order valence-electron chi connectivity index (χ4n) is 1.48. The molecule has 1 aromatic carbocycles. The Balaban J connectivity index is 2.42. The van der Waals surface area contributed by atoms with E-state index >= 15 is 0 Å². The van der Waals surface area contributed by atoms with E-state index in [9.17, 15) is 5.11 Å². The molecule has 1 aliphatic carbocycles. The fraction of sp³-hybridized carbons (Fsp3) is 0.400. The summed E-state index contributed by atoms with van der Waals surface area (Å²) < 4.78 is 0. The highest BCUT2D eigenvalue weighted by molar-refractivity contribution is 9.08. The number of rotatable bonds is 2. The molecule has 0 amide bonds. The van der Waals surface area contributed by atoms with E-state index in [1.54, 1.807) is 0 Å². The summed E-state index contributed by atoms with van der Waals surface area (Å²) in [5, 5.41) is 10.7. The molecule has 0 saturated heterocycles. The zero-order chi connectivity index (χ0) is 8.60. The largest absolute Gasteiger partial charge is 0.385 e. The lowest BCUT2D eigenvalue weighted by Crippen LogP contribution is -2.06. The van der Waals surface area contributed by atoms with E-state index in [0.29, 0.717) is 0 Å². The SMILES string of the molecule is OC1(c2ccccc2CBr)CC1. The van der Waals surface area contributed by atoms with Crippen molar-refractivity contribution < 1.29 is 5.11 Å². The predicted octanol–water partition coefficient (Wildman–Crippen LogP) is 2.56. The van der Waals surface area contributed by atoms with Gasteiger partial charge in [0.15, 0.2) is 0 Å². The lowest BCUT2D eigenvalue weighted by Gasteiger charge is -2.11. The summed E-state index contributed by atoms with van der Waals surface area (Å²) >= 11 is 3.42. The van der Waals surface area contributed by atoms with Gasteiger partial charge in [0.05, 0.1) is 5.60 Å². The molecular formula is C10H11BrO. The fourth-order valence-corrected chi connectivity index (χ4v) is 1.97. The summed E-state index contributed by atoms with van der Waals surface area (Å²) in [7, 11) is 0. The molecule has 0 heterocycles. The van der Waals surface area contributed by atoms with Crippen molar-refractivity contribution in [3.05, 3.63) is 35.4 Å². The summed E-state index contributed by atoms with van der Waals surface area (Å²) in [5.74, 6) is 0. The van der Waals surface area contributed by atoms with Crippen molar-refractivity contribution in [1.82, 2.24) is 0 Å². The average Bonchev–Trinajstić information content (AvgIpc) is 2.85. The van der Waals surface area contributed by atoms with E-state index in [-0.39, 0.29) is 0 Å².